The van der Waals surface area contributed by atoms with Crippen LogP contribution in [0, 0.1) is 11.6 Å². The standard InChI is InChI=1S/C14H8Cl2F2O/c15-9-5-4-8(12(17)7-9)6-13(19)10-2-1-3-11(16)14(10)18/h1-5,7H,6H2. The van der Waals surface area contributed by atoms with Crippen molar-refractivity contribution in [2.45, 2.75) is 6.42 Å². The van der Waals surface area contributed by atoms with Gasteiger partial charge in [0.2, 0.25) is 0 Å². The first kappa shape index (κ1) is 14.0. The van der Waals surface area contributed by atoms with Crippen molar-refractivity contribution in [3.05, 3.63) is 69.2 Å². The quantitative estimate of drug-likeness (QED) is 0.751. The third kappa shape index (κ3) is 3.11. The van der Waals surface area contributed by atoms with E-state index in [1.807, 2.05) is 0 Å². The van der Waals surface area contributed by atoms with Gasteiger partial charge in [0.25, 0.3) is 0 Å². The summed E-state index contributed by atoms with van der Waals surface area (Å²) >= 11 is 11.2. The van der Waals surface area contributed by atoms with E-state index in [4.69, 9.17) is 23.2 Å². The molecular formula is C14H8Cl2F2O. The Morgan fingerprint density at radius 1 is 1.11 bits per heavy atom. The minimum absolute atomic E-state index is 0.137. The van der Waals surface area contributed by atoms with Gasteiger partial charge in [0.05, 0.1) is 10.6 Å². The number of carbonyl (C=O) groups excluding carboxylic acids is 1. The van der Waals surface area contributed by atoms with Crippen molar-refractivity contribution in [1.82, 2.24) is 0 Å². The van der Waals surface area contributed by atoms with Gasteiger partial charge < -0.3 is 0 Å². The molecule has 0 heterocycles. The predicted octanol–water partition coefficient (Wildman–Crippen LogP) is 4.70. The Kier molecular flexibility index (Phi) is 4.17. The first-order valence-corrected chi connectivity index (χ1v) is 6.16. The summed E-state index contributed by atoms with van der Waals surface area (Å²) in [5, 5.41) is 0.102. The normalized spacial score (nSPS) is 10.5. The van der Waals surface area contributed by atoms with Crippen LogP contribution >= 0.6 is 23.2 Å². The van der Waals surface area contributed by atoms with E-state index in [9.17, 15) is 13.6 Å². The van der Waals surface area contributed by atoms with Gasteiger partial charge in [-0.05, 0) is 29.8 Å². The third-order valence-electron chi connectivity index (χ3n) is 2.62. The molecule has 0 amide bonds. The van der Waals surface area contributed by atoms with E-state index >= 15 is 0 Å². The van der Waals surface area contributed by atoms with Gasteiger partial charge in [-0.25, -0.2) is 8.78 Å². The molecule has 0 aliphatic rings. The molecule has 1 nitrogen and oxygen atoms in total. The second-order valence-corrected chi connectivity index (χ2v) is 4.78. The van der Waals surface area contributed by atoms with Gasteiger partial charge in [-0.1, -0.05) is 35.3 Å². The number of hydrogen-bond acceptors (Lipinski definition) is 1. The Morgan fingerprint density at radius 2 is 1.84 bits per heavy atom. The van der Waals surface area contributed by atoms with Gasteiger partial charge >= 0.3 is 0 Å². The third-order valence-corrected chi connectivity index (χ3v) is 3.15. The number of benzene rings is 2. The van der Waals surface area contributed by atoms with Crippen LogP contribution in [0.5, 0.6) is 0 Å². The number of Topliss-reactive ketones (excluding diaryl/α,β-unsaturated/α-hetero) is 1. The van der Waals surface area contributed by atoms with E-state index in [-0.39, 0.29) is 27.6 Å². The number of ketones is 1. The highest BCUT2D eigenvalue weighted by Crippen LogP contribution is 2.21. The van der Waals surface area contributed by atoms with Crippen LogP contribution < -0.4 is 0 Å². The van der Waals surface area contributed by atoms with Gasteiger partial charge in [-0.2, -0.15) is 0 Å². The van der Waals surface area contributed by atoms with Crippen LogP contribution in [0.1, 0.15) is 15.9 Å². The molecular weight excluding hydrogens is 293 g/mol. The SMILES string of the molecule is O=C(Cc1ccc(Cl)cc1F)c1cccc(Cl)c1F. The van der Waals surface area contributed by atoms with Crippen LogP contribution in [0.2, 0.25) is 10.0 Å². The van der Waals surface area contributed by atoms with Crippen LogP contribution in [0.3, 0.4) is 0 Å². The maximum Gasteiger partial charge on any atom is 0.170 e. The highest BCUT2D eigenvalue weighted by atomic mass is 35.5. The Morgan fingerprint density at radius 3 is 2.53 bits per heavy atom. The minimum Gasteiger partial charge on any atom is -0.294 e. The van der Waals surface area contributed by atoms with E-state index in [2.05, 4.69) is 0 Å². The first-order chi connectivity index (χ1) is 8.99. The average Bonchev–Trinajstić information content (AvgIpc) is 2.36. The van der Waals surface area contributed by atoms with Gasteiger partial charge in [0, 0.05) is 11.4 Å². The number of halogens is 4. The van der Waals surface area contributed by atoms with Crippen molar-refractivity contribution in [3.63, 3.8) is 0 Å². The molecule has 0 aliphatic heterocycles. The molecule has 0 radical (unpaired) electrons. The van der Waals surface area contributed by atoms with Gasteiger partial charge in [-0.3, -0.25) is 4.79 Å². The summed E-state index contributed by atoms with van der Waals surface area (Å²) in [6, 6.07) is 8.11. The first-order valence-electron chi connectivity index (χ1n) is 5.40. The van der Waals surface area contributed by atoms with Crippen LogP contribution in [-0.2, 0) is 6.42 Å². The second-order valence-electron chi connectivity index (χ2n) is 3.94. The van der Waals surface area contributed by atoms with E-state index in [0.717, 1.165) is 6.07 Å². The lowest BCUT2D eigenvalue weighted by molar-refractivity contribution is 0.0988. The van der Waals surface area contributed by atoms with Crippen molar-refractivity contribution < 1.29 is 13.6 Å². The Bertz CT molecular complexity index is 641. The van der Waals surface area contributed by atoms with Crippen molar-refractivity contribution in [1.29, 1.82) is 0 Å². The fourth-order valence-corrected chi connectivity index (χ4v) is 1.99. The van der Waals surface area contributed by atoms with E-state index < -0.39 is 17.4 Å². The topological polar surface area (TPSA) is 17.1 Å². The summed E-state index contributed by atoms with van der Waals surface area (Å²) in [6.45, 7) is 0. The minimum atomic E-state index is -0.788. The molecule has 19 heavy (non-hydrogen) atoms. The van der Waals surface area contributed by atoms with Crippen LogP contribution in [-0.4, -0.2) is 5.78 Å². The Hall–Kier alpha value is -1.45. The van der Waals surface area contributed by atoms with Crippen LogP contribution in [0.15, 0.2) is 36.4 Å². The number of hydrogen-bond donors (Lipinski definition) is 0. The monoisotopic (exact) mass is 300 g/mol. The predicted molar refractivity (Wildman–Crippen MR) is 70.9 cm³/mol. The highest BCUT2D eigenvalue weighted by Gasteiger charge is 2.16. The molecule has 5 heteroatoms. The number of carbonyl (C=O) groups is 1. The highest BCUT2D eigenvalue weighted by molar-refractivity contribution is 6.31. The zero-order valence-corrected chi connectivity index (χ0v) is 11.1. The molecule has 0 aromatic heterocycles. The summed E-state index contributed by atoms with van der Waals surface area (Å²) in [5.74, 6) is -1.92. The van der Waals surface area contributed by atoms with E-state index in [1.165, 1.54) is 30.3 Å². The Labute approximate surface area is 118 Å². The van der Waals surface area contributed by atoms with Gasteiger partial charge in [0.1, 0.15) is 5.82 Å². The lowest BCUT2D eigenvalue weighted by Crippen LogP contribution is -2.07. The van der Waals surface area contributed by atoms with E-state index in [1.54, 1.807) is 0 Å². The summed E-state index contributed by atoms with van der Waals surface area (Å²) in [5.41, 5.74) is 0.00984. The van der Waals surface area contributed by atoms with Crippen molar-refractivity contribution in [3.8, 4) is 0 Å². The van der Waals surface area contributed by atoms with Gasteiger partial charge in [0.15, 0.2) is 11.6 Å². The molecule has 0 saturated carbocycles. The average molecular weight is 301 g/mol. The summed E-state index contributed by atoms with van der Waals surface area (Å²) in [7, 11) is 0. The molecule has 0 saturated heterocycles. The largest absolute Gasteiger partial charge is 0.294 e. The molecule has 98 valence electrons. The fraction of sp³-hybridized carbons (Fsp3) is 0.0714. The van der Waals surface area contributed by atoms with E-state index in [0.29, 0.717) is 0 Å². The van der Waals surface area contributed by atoms with Crippen molar-refractivity contribution >= 4 is 29.0 Å². The second kappa shape index (κ2) is 5.68. The molecule has 0 fully saturated rings. The summed E-state index contributed by atoms with van der Waals surface area (Å²) in [4.78, 5) is 11.9. The molecule has 0 aliphatic carbocycles. The lowest BCUT2D eigenvalue weighted by atomic mass is 10.0. The van der Waals surface area contributed by atoms with Crippen LogP contribution in [0.25, 0.3) is 0 Å². The maximum atomic E-state index is 13.7. The molecule has 2 rings (SSSR count). The fourth-order valence-electron chi connectivity index (χ4n) is 1.65. The molecule has 0 unspecified atom stereocenters. The molecule has 0 bridgehead atoms. The zero-order chi connectivity index (χ0) is 14.0. The van der Waals surface area contributed by atoms with Crippen molar-refractivity contribution in [2.75, 3.05) is 0 Å². The van der Waals surface area contributed by atoms with Gasteiger partial charge in [-0.15, -0.1) is 0 Å². The molecule has 0 spiro atoms. The smallest absolute Gasteiger partial charge is 0.170 e. The maximum absolute atomic E-state index is 13.7. The molecule has 0 atom stereocenters. The zero-order valence-electron chi connectivity index (χ0n) is 9.59. The molecule has 2 aromatic rings. The molecule has 2 aromatic carbocycles. The lowest BCUT2D eigenvalue weighted by Gasteiger charge is -2.05. The van der Waals surface area contributed by atoms with Crippen molar-refractivity contribution in [2.24, 2.45) is 0 Å². The summed E-state index contributed by atoms with van der Waals surface area (Å²) < 4.78 is 27.2. The molecule has 0 N–H and O–H groups in total. The van der Waals surface area contributed by atoms with Crippen LogP contribution in [0.4, 0.5) is 8.78 Å². The summed E-state index contributed by atoms with van der Waals surface area (Å²) in [6.07, 6.45) is -0.250. The Balaban J connectivity index is 2.28. The number of rotatable bonds is 3.